The van der Waals surface area contributed by atoms with Crippen molar-refractivity contribution in [1.29, 1.82) is 0 Å². The van der Waals surface area contributed by atoms with E-state index in [-0.39, 0.29) is 11.8 Å². The Hall–Kier alpha value is -1.78. The fourth-order valence-corrected chi connectivity index (χ4v) is 2.29. The number of benzene rings is 2. The fourth-order valence-electron chi connectivity index (χ4n) is 1.98. The summed E-state index contributed by atoms with van der Waals surface area (Å²) in [5, 5.41) is 0.796. The Morgan fingerprint density at radius 1 is 1.11 bits per heavy atom. The topological polar surface area (TPSA) is 43.8 Å². The van der Waals surface area contributed by atoms with Crippen LogP contribution in [0.1, 0.15) is 0 Å². The zero-order chi connectivity index (χ0) is 13.6. The van der Waals surface area contributed by atoms with Crippen LogP contribution >= 0.6 is 23.2 Å². The van der Waals surface area contributed by atoms with Crippen molar-refractivity contribution < 1.29 is 4.39 Å². The Bertz CT molecular complexity index is 783. The molecule has 3 rings (SSSR count). The zero-order valence-electron chi connectivity index (χ0n) is 9.57. The van der Waals surface area contributed by atoms with E-state index in [2.05, 4.69) is 4.98 Å². The maximum Gasteiger partial charge on any atom is 0.205 e. The molecule has 0 aliphatic heterocycles. The first-order chi connectivity index (χ1) is 9.06. The highest BCUT2D eigenvalue weighted by Gasteiger charge is 2.12. The highest BCUT2D eigenvalue weighted by atomic mass is 35.5. The van der Waals surface area contributed by atoms with Gasteiger partial charge in [-0.2, -0.15) is 0 Å². The van der Waals surface area contributed by atoms with Crippen LogP contribution in [-0.4, -0.2) is 9.55 Å². The molecule has 1 heterocycles. The smallest absolute Gasteiger partial charge is 0.205 e. The summed E-state index contributed by atoms with van der Waals surface area (Å²) in [5.41, 5.74) is 7.75. The Labute approximate surface area is 118 Å². The van der Waals surface area contributed by atoms with Crippen LogP contribution < -0.4 is 5.73 Å². The molecule has 6 heteroatoms. The number of hydrogen-bond donors (Lipinski definition) is 1. The van der Waals surface area contributed by atoms with Crippen LogP contribution in [0.2, 0.25) is 10.0 Å². The molecule has 96 valence electrons. The number of nitrogen functional groups attached to an aromatic ring is 1. The number of halogens is 3. The van der Waals surface area contributed by atoms with Gasteiger partial charge in [0, 0.05) is 0 Å². The highest BCUT2D eigenvalue weighted by molar-refractivity contribution is 6.42. The lowest BCUT2D eigenvalue weighted by molar-refractivity contribution is 0.627. The predicted octanol–water partition coefficient (Wildman–Crippen LogP) is 4.05. The lowest BCUT2D eigenvalue weighted by atomic mass is 10.2. The van der Waals surface area contributed by atoms with E-state index >= 15 is 0 Å². The third kappa shape index (κ3) is 2.03. The number of hydrogen-bond acceptors (Lipinski definition) is 2. The van der Waals surface area contributed by atoms with Gasteiger partial charge in [-0.1, -0.05) is 29.3 Å². The summed E-state index contributed by atoms with van der Waals surface area (Å²) in [4.78, 5) is 4.20. The van der Waals surface area contributed by atoms with E-state index in [9.17, 15) is 4.39 Å². The van der Waals surface area contributed by atoms with E-state index < -0.39 is 0 Å². The van der Waals surface area contributed by atoms with Crippen molar-refractivity contribution in [3.8, 4) is 5.69 Å². The maximum atomic E-state index is 13.3. The number of anilines is 1. The number of fused-ring (bicyclic) bond motifs is 1. The van der Waals surface area contributed by atoms with Gasteiger partial charge in [-0.3, -0.25) is 4.57 Å². The molecule has 0 saturated carbocycles. The molecule has 3 aromatic rings. The molecule has 0 aliphatic carbocycles. The molecule has 19 heavy (non-hydrogen) atoms. The Morgan fingerprint density at radius 3 is 2.58 bits per heavy atom. The lowest BCUT2D eigenvalue weighted by Crippen LogP contribution is -2.00. The third-order valence-corrected chi connectivity index (χ3v) is 3.51. The molecule has 0 spiro atoms. The van der Waals surface area contributed by atoms with Gasteiger partial charge in [0.05, 0.1) is 26.8 Å². The molecule has 0 bridgehead atoms. The summed E-state index contributed by atoms with van der Waals surface area (Å²) in [5.74, 6) is -0.0993. The summed E-state index contributed by atoms with van der Waals surface area (Å²) in [6.45, 7) is 0. The van der Waals surface area contributed by atoms with Crippen molar-refractivity contribution >= 4 is 40.2 Å². The van der Waals surface area contributed by atoms with Gasteiger partial charge in [-0.25, -0.2) is 9.37 Å². The van der Waals surface area contributed by atoms with Gasteiger partial charge in [-0.15, -0.1) is 0 Å². The van der Waals surface area contributed by atoms with E-state index in [0.29, 0.717) is 26.8 Å². The summed E-state index contributed by atoms with van der Waals surface area (Å²) in [6, 6.07) is 9.37. The lowest BCUT2D eigenvalue weighted by Gasteiger charge is -2.06. The van der Waals surface area contributed by atoms with Gasteiger partial charge in [-0.05, 0) is 30.3 Å². The van der Waals surface area contributed by atoms with E-state index in [0.717, 1.165) is 0 Å². The van der Waals surface area contributed by atoms with Gasteiger partial charge in [0.25, 0.3) is 0 Å². The van der Waals surface area contributed by atoms with Crippen molar-refractivity contribution in [2.75, 3.05) is 5.73 Å². The monoisotopic (exact) mass is 295 g/mol. The van der Waals surface area contributed by atoms with Crippen molar-refractivity contribution in [2.45, 2.75) is 0 Å². The van der Waals surface area contributed by atoms with Gasteiger partial charge in [0.15, 0.2) is 0 Å². The van der Waals surface area contributed by atoms with Crippen LogP contribution in [0.15, 0.2) is 36.4 Å². The minimum Gasteiger partial charge on any atom is -0.369 e. The van der Waals surface area contributed by atoms with Crippen LogP contribution in [0.25, 0.3) is 16.7 Å². The number of imidazole rings is 1. The molecule has 0 fully saturated rings. The average molecular weight is 296 g/mol. The maximum absolute atomic E-state index is 13.3. The SMILES string of the molecule is Nc1nc2cc(Cl)c(Cl)cc2n1-c1cccc(F)c1. The second-order valence-corrected chi connectivity index (χ2v) is 4.85. The molecule has 0 unspecified atom stereocenters. The van der Waals surface area contributed by atoms with Crippen molar-refractivity contribution in [2.24, 2.45) is 0 Å². The largest absolute Gasteiger partial charge is 0.369 e. The third-order valence-electron chi connectivity index (χ3n) is 2.79. The summed E-state index contributed by atoms with van der Waals surface area (Å²) >= 11 is 11.9. The number of rotatable bonds is 1. The van der Waals surface area contributed by atoms with Crippen LogP contribution in [0.3, 0.4) is 0 Å². The molecule has 1 aromatic heterocycles. The summed E-state index contributed by atoms with van der Waals surface area (Å²) < 4.78 is 14.9. The van der Waals surface area contributed by atoms with Crippen LogP contribution in [-0.2, 0) is 0 Å². The Balaban J connectivity index is 2.34. The van der Waals surface area contributed by atoms with Crippen molar-refractivity contribution in [3.63, 3.8) is 0 Å². The van der Waals surface area contributed by atoms with Gasteiger partial charge in [0.2, 0.25) is 5.95 Å². The Kier molecular flexibility index (Phi) is 2.84. The molecule has 0 aliphatic rings. The minimum atomic E-state index is -0.348. The fraction of sp³-hybridized carbons (Fsp3) is 0. The van der Waals surface area contributed by atoms with Gasteiger partial charge in [0.1, 0.15) is 5.82 Å². The normalized spacial score (nSPS) is 11.1. The second-order valence-electron chi connectivity index (χ2n) is 4.04. The van der Waals surface area contributed by atoms with Gasteiger partial charge < -0.3 is 5.73 Å². The molecular formula is C13H8Cl2FN3. The first kappa shape index (κ1) is 12.3. The molecule has 2 N–H and O–H groups in total. The Morgan fingerprint density at radius 2 is 1.84 bits per heavy atom. The first-order valence-electron chi connectivity index (χ1n) is 5.45. The number of nitrogens with two attached hydrogens (primary N) is 1. The van der Waals surface area contributed by atoms with Crippen LogP contribution in [0.4, 0.5) is 10.3 Å². The predicted molar refractivity (Wildman–Crippen MR) is 75.5 cm³/mol. The quantitative estimate of drug-likeness (QED) is 0.736. The molecule has 0 saturated heterocycles. The molecule has 0 amide bonds. The van der Waals surface area contributed by atoms with E-state index in [1.165, 1.54) is 12.1 Å². The van der Waals surface area contributed by atoms with Gasteiger partial charge >= 0.3 is 0 Å². The molecule has 3 nitrogen and oxygen atoms in total. The van der Waals surface area contributed by atoms with E-state index in [4.69, 9.17) is 28.9 Å². The highest BCUT2D eigenvalue weighted by Crippen LogP contribution is 2.30. The first-order valence-corrected chi connectivity index (χ1v) is 6.21. The minimum absolute atomic E-state index is 0.249. The number of nitrogens with zero attached hydrogens (tertiary/aromatic N) is 2. The standard InChI is InChI=1S/C13H8Cl2FN3/c14-9-5-11-12(6-10(9)15)19(13(17)18-11)8-3-1-2-7(16)4-8/h1-6H,(H2,17,18). The van der Waals surface area contributed by atoms with E-state index in [1.807, 2.05) is 0 Å². The second kappa shape index (κ2) is 4.40. The summed E-state index contributed by atoms with van der Waals surface area (Å²) in [6.07, 6.45) is 0. The van der Waals surface area contributed by atoms with Crippen molar-refractivity contribution in [1.82, 2.24) is 9.55 Å². The summed E-state index contributed by atoms with van der Waals surface area (Å²) in [7, 11) is 0. The average Bonchev–Trinajstić information content (AvgIpc) is 2.65. The zero-order valence-corrected chi connectivity index (χ0v) is 11.1. The number of aromatic nitrogens is 2. The van der Waals surface area contributed by atoms with Crippen LogP contribution in [0, 0.1) is 5.82 Å². The van der Waals surface area contributed by atoms with Crippen molar-refractivity contribution in [3.05, 3.63) is 52.3 Å². The molecule has 0 atom stereocenters. The van der Waals surface area contributed by atoms with E-state index in [1.54, 1.807) is 28.8 Å². The van der Waals surface area contributed by atoms with Crippen LogP contribution in [0.5, 0.6) is 0 Å². The molecule has 0 radical (unpaired) electrons. The molecular weight excluding hydrogens is 288 g/mol. The molecule has 2 aromatic carbocycles.